The molecule has 2 aromatic carbocycles. The summed E-state index contributed by atoms with van der Waals surface area (Å²) in [6, 6.07) is 10.5. The van der Waals surface area contributed by atoms with Crippen molar-refractivity contribution in [3.05, 3.63) is 65.7 Å². The van der Waals surface area contributed by atoms with E-state index >= 15 is 0 Å². The summed E-state index contributed by atoms with van der Waals surface area (Å²) >= 11 is 0. The van der Waals surface area contributed by atoms with Crippen molar-refractivity contribution in [1.82, 2.24) is 16.0 Å². The van der Waals surface area contributed by atoms with Crippen LogP contribution >= 0.6 is 0 Å². The van der Waals surface area contributed by atoms with E-state index in [1.165, 1.54) is 19.1 Å². The van der Waals surface area contributed by atoms with Crippen LogP contribution in [0.15, 0.2) is 54.6 Å². The van der Waals surface area contributed by atoms with Gasteiger partial charge < -0.3 is 37.0 Å². The molecule has 0 aliphatic heterocycles. The minimum absolute atomic E-state index is 0.0354. The molecule has 2 rings (SSSR count). The predicted molar refractivity (Wildman–Crippen MR) is 144 cm³/mol. The van der Waals surface area contributed by atoms with Crippen LogP contribution < -0.4 is 21.7 Å². The maximum absolute atomic E-state index is 13.5. The number of aliphatic hydroxyl groups is 1. The normalized spacial score (nSPS) is 15.6. The number of aromatic hydroxyl groups is 1. The zero-order valence-electron chi connectivity index (χ0n) is 22.3. The van der Waals surface area contributed by atoms with E-state index in [1.807, 2.05) is 30.3 Å². The first-order chi connectivity index (χ1) is 18.4. The van der Waals surface area contributed by atoms with Crippen LogP contribution in [0.25, 0.3) is 0 Å². The summed E-state index contributed by atoms with van der Waals surface area (Å²) in [7, 11) is 0. The molecule has 0 saturated carbocycles. The average molecular weight is 543 g/mol. The van der Waals surface area contributed by atoms with E-state index in [-0.39, 0.29) is 18.6 Å². The molecule has 0 saturated heterocycles. The van der Waals surface area contributed by atoms with Crippen LogP contribution in [0.2, 0.25) is 0 Å². The molecule has 0 aliphatic rings. The quantitative estimate of drug-likeness (QED) is 0.179. The van der Waals surface area contributed by atoms with Crippen molar-refractivity contribution in [3.8, 4) is 5.75 Å². The summed E-state index contributed by atoms with van der Waals surface area (Å²) in [5.41, 5.74) is 7.60. The smallest absolute Gasteiger partial charge is 0.328 e. The standard InChI is InChI=1S/C28H38N4O7/c1-4-16(2)23(27(37)32-24(17(3)33)28(38)39)31-26(36)22(15-19-10-12-20(34)13-11-19)30-25(35)21(29)14-18-8-6-5-7-9-18/h5-13,16-17,21-24,33-34H,4,14-15,29H2,1-3H3,(H,30,35)(H,31,36)(H,32,37)(H,38,39). The van der Waals surface area contributed by atoms with Gasteiger partial charge in [0.05, 0.1) is 12.1 Å². The summed E-state index contributed by atoms with van der Waals surface area (Å²) < 4.78 is 0. The predicted octanol–water partition coefficient (Wildman–Crippen LogP) is 0.471. The molecular formula is C28H38N4O7. The molecule has 0 bridgehead atoms. The van der Waals surface area contributed by atoms with Gasteiger partial charge in [0.1, 0.15) is 17.8 Å². The van der Waals surface area contributed by atoms with Crippen LogP contribution in [0.3, 0.4) is 0 Å². The molecule has 11 nitrogen and oxygen atoms in total. The molecular weight excluding hydrogens is 504 g/mol. The molecule has 212 valence electrons. The van der Waals surface area contributed by atoms with Gasteiger partial charge in [0.25, 0.3) is 0 Å². The third kappa shape index (κ3) is 9.69. The molecule has 0 aliphatic carbocycles. The third-order valence-corrected chi connectivity index (χ3v) is 6.48. The summed E-state index contributed by atoms with van der Waals surface area (Å²) in [5, 5.41) is 36.3. The molecule has 6 atom stereocenters. The molecule has 39 heavy (non-hydrogen) atoms. The second-order valence-corrected chi connectivity index (χ2v) is 9.66. The highest BCUT2D eigenvalue weighted by molar-refractivity contribution is 5.94. The number of phenols is 1. The molecule has 0 fully saturated rings. The number of amides is 3. The highest BCUT2D eigenvalue weighted by Gasteiger charge is 2.34. The van der Waals surface area contributed by atoms with Gasteiger partial charge in [-0.3, -0.25) is 14.4 Å². The average Bonchev–Trinajstić information content (AvgIpc) is 2.90. The molecule has 3 amide bonds. The fourth-order valence-electron chi connectivity index (χ4n) is 3.90. The van der Waals surface area contributed by atoms with Gasteiger partial charge in [-0.2, -0.15) is 0 Å². The van der Waals surface area contributed by atoms with Crippen LogP contribution in [0.5, 0.6) is 5.75 Å². The molecule has 11 heteroatoms. The summed E-state index contributed by atoms with van der Waals surface area (Å²) in [4.78, 5) is 50.9. The Morgan fingerprint density at radius 1 is 0.795 bits per heavy atom. The number of nitrogens with two attached hydrogens (primary N) is 1. The minimum Gasteiger partial charge on any atom is -0.508 e. The Morgan fingerprint density at radius 3 is 1.90 bits per heavy atom. The van der Waals surface area contributed by atoms with Crippen molar-refractivity contribution in [3.63, 3.8) is 0 Å². The Kier molecular flexibility index (Phi) is 11.9. The molecule has 0 heterocycles. The monoisotopic (exact) mass is 542 g/mol. The molecule has 2 aromatic rings. The summed E-state index contributed by atoms with van der Waals surface area (Å²) in [6.07, 6.45) is -0.612. The van der Waals surface area contributed by atoms with Crippen molar-refractivity contribution in [2.75, 3.05) is 0 Å². The zero-order valence-corrected chi connectivity index (χ0v) is 22.3. The first kappa shape index (κ1) is 31.3. The first-order valence-electron chi connectivity index (χ1n) is 12.8. The van der Waals surface area contributed by atoms with Gasteiger partial charge in [0, 0.05) is 6.42 Å². The van der Waals surface area contributed by atoms with Gasteiger partial charge >= 0.3 is 5.97 Å². The van der Waals surface area contributed by atoms with Crippen molar-refractivity contribution < 1.29 is 34.5 Å². The lowest BCUT2D eigenvalue weighted by atomic mass is 9.96. The number of carbonyl (C=O) groups is 4. The van der Waals surface area contributed by atoms with E-state index in [9.17, 15) is 34.5 Å². The Bertz CT molecular complexity index is 1110. The van der Waals surface area contributed by atoms with E-state index in [4.69, 9.17) is 5.73 Å². The van der Waals surface area contributed by atoms with Crippen LogP contribution in [0.4, 0.5) is 0 Å². The van der Waals surface area contributed by atoms with Gasteiger partial charge in [-0.25, -0.2) is 4.79 Å². The number of nitrogens with one attached hydrogen (secondary N) is 3. The van der Waals surface area contributed by atoms with Gasteiger partial charge in [-0.1, -0.05) is 62.7 Å². The number of hydrogen-bond donors (Lipinski definition) is 7. The molecule has 0 spiro atoms. The number of aliphatic hydroxyl groups excluding tert-OH is 1. The zero-order chi connectivity index (χ0) is 29.1. The Labute approximate surface area is 227 Å². The highest BCUT2D eigenvalue weighted by Crippen LogP contribution is 2.14. The number of phenolic OH excluding ortho intramolecular Hbond substituents is 1. The van der Waals surface area contributed by atoms with Crippen LogP contribution in [-0.4, -0.2) is 69.3 Å². The topological polar surface area (TPSA) is 191 Å². The van der Waals surface area contributed by atoms with E-state index in [0.717, 1.165) is 5.56 Å². The van der Waals surface area contributed by atoms with E-state index in [0.29, 0.717) is 12.0 Å². The van der Waals surface area contributed by atoms with Crippen molar-refractivity contribution in [1.29, 1.82) is 0 Å². The van der Waals surface area contributed by atoms with Crippen LogP contribution in [0.1, 0.15) is 38.3 Å². The number of carbonyl (C=O) groups excluding carboxylic acids is 3. The first-order valence-corrected chi connectivity index (χ1v) is 12.8. The lowest BCUT2D eigenvalue weighted by Gasteiger charge is -2.28. The summed E-state index contributed by atoms with van der Waals surface area (Å²) in [6.45, 7) is 4.75. The van der Waals surface area contributed by atoms with Crippen molar-refractivity contribution in [2.45, 2.75) is 70.3 Å². The number of rotatable bonds is 14. The number of aliphatic carboxylic acids is 1. The fraction of sp³-hybridized carbons (Fsp3) is 0.429. The lowest BCUT2D eigenvalue weighted by molar-refractivity contribution is -0.145. The van der Waals surface area contributed by atoms with E-state index in [2.05, 4.69) is 16.0 Å². The molecule has 0 aromatic heterocycles. The number of carboxylic acid groups (broad SMARTS) is 1. The molecule has 6 unspecified atom stereocenters. The van der Waals surface area contributed by atoms with E-state index < -0.39 is 59.9 Å². The number of carboxylic acids is 1. The summed E-state index contributed by atoms with van der Waals surface area (Å²) in [5.74, 6) is -3.80. The second kappa shape index (κ2) is 14.8. The van der Waals surface area contributed by atoms with E-state index in [1.54, 1.807) is 26.0 Å². The minimum atomic E-state index is -1.57. The Balaban J connectivity index is 2.25. The maximum atomic E-state index is 13.5. The van der Waals surface area contributed by atoms with Gasteiger partial charge in [0.2, 0.25) is 17.7 Å². The Morgan fingerprint density at radius 2 is 1.36 bits per heavy atom. The van der Waals surface area contributed by atoms with Crippen LogP contribution in [-0.2, 0) is 32.0 Å². The third-order valence-electron chi connectivity index (χ3n) is 6.48. The van der Waals surface area contributed by atoms with Gasteiger partial charge in [-0.15, -0.1) is 0 Å². The molecule has 0 radical (unpaired) electrons. The van der Waals surface area contributed by atoms with Crippen molar-refractivity contribution >= 4 is 23.7 Å². The van der Waals surface area contributed by atoms with Crippen LogP contribution in [0, 0.1) is 5.92 Å². The Hall–Kier alpha value is -3.96. The van der Waals surface area contributed by atoms with Gasteiger partial charge in [-0.05, 0) is 42.5 Å². The number of hydrogen-bond acceptors (Lipinski definition) is 7. The van der Waals surface area contributed by atoms with Gasteiger partial charge in [0.15, 0.2) is 6.04 Å². The largest absolute Gasteiger partial charge is 0.508 e. The maximum Gasteiger partial charge on any atom is 0.328 e. The number of benzene rings is 2. The van der Waals surface area contributed by atoms with Crippen molar-refractivity contribution in [2.24, 2.45) is 11.7 Å². The SMILES string of the molecule is CCC(C)C(NC(=O)C(Cc1ccc(O)cc1)NC(=O)C(N)Cc1ccccc1)C(=O)NC(C(=O)O)C(C)O. The second-order valence-electron chi connectivity index (χ2n) is 9.66. The molecule has 8 N–H and O–H groups in total. The highest BCUT2D eigenvalue weighted by atomic mass is 16.4. The fourth-order valence-corrected chi connectivity index (χ4v) is 3.90. The lowest BCUT2D eigenvalue weighted by Crippen LogP contribution is -2.60.